The summed E-state index contributed by atoms with van der Waals surface area (Å²) in [6.07, 6.45) is 2.51. The van der Waals surface area contributed by atoms with Crippen LogP contribution in [0.5, 0.6) is 0 Å². The number of nitrogens with one attached hydrogen (secondary N) is 1. The van der Waals surface area contributed by atoms with Crippen LogP contribution in [-0.2, 0) is 9.53 Å². The van der Waals surface area contributed by atoms with Crippen LogP contribution in [0.1, 0.15) is 26.7 Å². The Balaban J connectivity index is 2.30. The molecule has 1 saturated heterocycles. The monoisotopic (exact) mass is 254 g/mol. The van der Waals surface area contributed by atoms with Gasteiger partial charge in [0.25, 0.3) is 0 Å². The Morgan fingerprint density at radius 2 is 2.28 bits per heavy atom. The molecule has 2 amide bonds. The maximum Gasteiger partial charge on any atom is 0.410 e. The van der Waals surface area contributed by atoms with E-state index in [2.05, 4.69) is 11.9 Å². The minimum Gasteiger partial charge on any atom is -0.445 e. The summed E-state index contributed by atoms with van der Waals surface area (Å²) in [7, 11) is 0. The lowest BCUT2D eigenvalue weighted by molar-refractivity contribution is -0.122. The molecule has 102 valence electrons. The van der Waals surface area contributed by atoms with Crippen molar-refractivity contribution in [3.8, 4) is 0 Å². The van der Waals surface area contributed by atoms with E-state index in [1.54, 1.807) is 4.90 Å². The van der Waals surface area contributed by atoms with Gasteiger partial charge in [-0.3, -0.25) is 4.79 Å². The van der Waals surface area contributed by atoms with Gasteiger partial charge in [0.1, 0.15) is 6.61 Å². The zero-order valence-corrected chi connectivity index (χ0v) is 11.1. The number of nitrogens with zero attached hydrogens (tertiary/aromatic N) is 1. The molecule has 0 spiro atoms. The fraction of sp³-hybridized carbons (Fsp3) is 0.692. The molecule has 1 unspecified atom stereocenters. The van der Waals surface area contributed by atoms with E-state index in [4.69, 9.17) is 4.74 Å². The first kappa shape index (κ1) is 14.5. The Morgan fingerprint density at radius 1 is 1.56 bits per heavy atom. The van der Waals surface area contributed by atoms with E-state index >= 15 is 0 Å². The predicted molar refractivity (Wildman–Crippen MR) is 69.1 cm³/mol. The average Bonchev–Trinajstić information content (AvgIpc) is 2.73. The van der Waals surface area contributed by atoms with Crippen LogP contribution in [0, 0.1) is 5.92 Å². The fourth-order valence-electron chi connectivity index (χ4n) is 1.92. The van der Waals surface area contributed by atoms with Gasteiger partial charge in [-0.15, -0.1) is 0 Å². The molecule has 0 bridgehead atoms. The highest BCUT2D eigenvalue weighted by Gasteiger charge is 2.28. The maximum atomic E-state index is 11.6. The van der Waals surface area contributed by atoms with Crippen molar-refractivity contribution in [3.05, 3.63) is 12.7 Å². The molecule has 5 nitrogen and oxygen atoms in total. The van der Waals surface area contributed by atoms with Crippen molar-refractivity contribution in [1.29, 1.82) is 0 Å². The van der Waals surface area contributed by atoms with Gasteiger partial charge in [-0.2, -0.15) is 0 Å². The van der Waals surface area contributed by atoms with E-state index in [1.165, 1.54) is 6.08 Å². The van der Waals surface area contributed by atoms with E-state index in [1.807, 2.05) is 13.8 Å². The third-order valence-electron chi connectivity index (χ3n) is 2.73. The molecular formula is C13H22N2O3. The van der Waals surface area contributed by atoms with E-state index in [0.717, 1.165) is 6.42 Å². The fourth-order valence-corrected chi connectivity index (χ4v) is 1.92. The summed E-state index contributed by atoms with van der Waals surface area (Å²) >= 11 is 0. The molecule has 5 heteroatoms. The zero-order valence-electron chi connectivity index (χ0n) is 11.1. The number of amides is 2. The number of carbonyl (C=O) groups excluding carboxylic acids is 2. The Labute approximate surface area is 108 Å². The third-order valence-corrected chi connectivity index (χ3v) is 2.73. The van der Waals surface area contributed by atoms with Crippen LogP contribution in [0.2, 0.25) is 0 Å². The number of likely N-dealkylation sites (tertiary alicyclic amines) is 1. The van der Waals surface area contributed by atoms with Crippen LogP contribution in [0.15, 0.2) is 12.7 Å². The summed E-state index contributed by atoms with van der Waals surface area (Å²) in [5.74, 6) is 0.399. The molecule has 1 atom stereocenters. The lowest BCUT2D eigenvalue weighted by atomic mass is 10.1. The van der Waals surface area contributed by atoms with Crippen molar-refractivity contribution >= 4 is 12.0 Å². The largest absolute Gasteiger partial charge is 0.445 e. The van der Waals surface area contributed by atoms with E-state index in [9.17, 15) is 9.59 Å². The van der Waals surface area contributed by atoms with Crippen LogP contribution in [0.4, 0.5) is 4.79 Å². The molecule has 1 fully saturated rings. The summed E-state index contributed by atoms with van der Waals surface area (Å²) in [4.78, 5) is 24.8. The molecule has 1 N–H and O–H groups in total. The zero-order chi connectivity index (χ0) is 13.5. The van der Waals surface area contributed by atoms with Gasteiger partial charge in [0, 0.05) is 25.6 Å². The molecule has 0 radical (unpaired) electrons. The van der Waals surface area contributed by atoms with Crippen molar-refractivity contribution in [2.45, 2.75) is 32.7 Å². The molecular weight excluding hydrogens is 232 g/mol. The second kappa shape index (κ2) is 7.03. The van der Waals surface area contributed by atoms with Gasteiger partial charge in [0.2, 0.25) is 5.91 Å². The van der Waals surface area contributed by atoms with Crippen LogP contribution in [0.25, 0.3) is 0 Å². The minimum absolute atomic E-state index is 0.0486. The first-order chi connectivity index (χ1) is 8.52. The Kier molecular flexibility index (Phi) is 5.68. The van der Waals surface area contributed by atoms with Crippen LogP contribution >= 0.6 is 0 Å². The minimum atomic E-state index is -0.337. The molecule has 18 heavy (non-hydrogen) atoms. The smallest absolute Gasteiger partial charge is 0.410 e. The Hall–Kier alpha value is -1.52. The number of rotatable bonds is 5. The van der Waals surface area contributed by atoms with Gasteiger partial charge in [-0.05, 0) is 12.3 Å². The molecule has 1 heterocycles. The molecule has 0 saturated carbocycles. The molecule has 0 aromatic rings. The standard InChI is InChI=1S/C13H22N2O3/c1-4-7-18-13(17)15-6-5-11(9-15)14-12(16)8-10(2)3/h4,10-11H,1,5-9H2,2-3H3,(H,14,16). The van der Waals surface area contributed by atoms with Crippen molar-refractivity contribution in [2.24, 2.45) is 5.92 Å². The van der Waals surface area contributed by atoms with Crippen molar-refractivity contribution in [2.75, 3.05) is 19.7 Å². The topological polar surface area (TPSA) is 58.6 Å². The summed E-state index contributed by atoms with van der Waals surface area (Å²) in [5.41, 5.74) is 0. The van der Waals surface area contributed by atoms with Crippen molar-refractivity contribution < 1.29 is 14.3 Å². The van der Waals surface area contributed by atoms with Gasteiger partial charge in [0.05, 0.1) is 0 Å². The van der Waals surface area contributed by atoms with Gasteiger partial charge >= 0.3 is 6.09 Å². The van der Waals surface area contributed by atoms with E-state index < -0.39 is 0 Å². The lowest BCUT2D eigenvalue weighted by Crippen LogP contribution is -2.39. The van der Waals surface area contributed by atoms with Gasteiger partial charge < -0.3 is 15.0 Å². The maximum absolute atomic E-state index is 11.6. The molecule has 1 aliphatic heterocycles. The second-order valence-corrected chi connectivity index (χ2v) is 4.96. The van der Waals surface area contributed by atoms with Crippen LogP contribution in [0.3, 0.4) is 0 Å². The second-order valence-electron chi connectivity index (χ2n) is 4.96. The quantitative estimate of drug-likeness (QED) is 0.757. The Bertz CT molecular complexity index is 315. The summed E-state index contributed by atoms with van der Waals surface area (Å²) in [5, 5.41) is 2.94. The van der Waals surface area contributed by atoms with Gasteiger partial charge in [0.15, 0.2) is 0 Å². The van der Waals surface area contributed by atoms with Crippen molar-refractivity contribution in [1.82, 2.24) is 10.2 Å². The highest BCUT2D eigenvalue weighted by atomic mass is 16.6. The highest BCUT2D eigenvalue weighted by molar-refractivity contribution is 5.76. The molecule has 1 aliphatic rings. The number of ether oxygens (including phenoxy) is 1. The normalized spacial score (nSPS) is 18.8. The summed E-state index contributed by atoms with van der Waals surface area (Å²) < 4.78 is 4.95. The summed E-state index contributed by atoms with van der Waals surface area (Å²) in [6.45, 7) is 8.88. The Morgan fingerprint density at radius 3 is 2.89 bits per heavy atom. The van der Waals surface area contributed by atoms with Crippen molar-refractivity contribution in [3.63, 3.8) is 0 Å². The van der Waals surface area contributed by atoms with Gasteiger partial charge in [-0.25, -0.2) is 4.79 Å². The third kappa shape index (κ3) is 4.77. The first-order valence-corrected chi connectivity index (χ1v) is 6.35. The molecule has 0 aliphatic carbocycles. The average molecular weight is 254 g/mol. The SMILES string of the molecule is C=CCOC(=O)N1CCC(NC(=O)CC(C)C)C1. The molecule has 1 rings (SSSR count). The van der Waals surface area contributed by atoms with Crippen LogP contribution in [-0.4, -0.2) is 42.6 Å². The van der Waals surface area contributed by atoms with E-state index in [-0.39, 0.29) is 24.6 Å². The van der Waals surface area contributed by atoms with E-state index in [0.29, 0.717) is 25.4 Å². The number of hydrogen-bond acceptors (Lipinski definition) is 3. The molecule has 0 aromatic heterocycles. The number of hydrogen-bond donors (Lipinski definition) is 1. The number of carbonyl (C=O) groups is 2. The predicted octanol–water partition coefficient (Wildman–Crippen LogP) is 1.55. The molecule has 0 aromatic carbocycles. The lowest BCUT2D eigenvalue weighted by Gasteiger charge is -2.16. The first-order valence-electron chi connectivity index (χ1n) is 6.35. The summed E-state index contributed by atoms with van der Waals surface area (Å²) in [6, 6.07) is 0.0486. The van der Waals surface area contributed by atoms with Gasteiger partial charge in [-0.1, -0.05) is 26.5 Å². The highest BCUT2D eigenvalue weighted by Crippen LogP contribution is 2.11. The van der Waals surface area contributed by atoms with Crippen LogP contribution < -0.4 is 5.32 Å².